The second-order valence-corrected chi connectivity index (χ2v) is 5.55. The van der Waals surface area contributed by atoms with Gasteiger partial charge in [0.05, 0.1) is 4.90 Å². The second-order valence-electron chi connectivity index (χ2n) is 3.99. The molecule has 104 valence electrons. The van der Waals surface area contributed by atoms with Gasteiger partial charge in [0.25, 0.3) is 5.91 Å². The van der Waals surface area contributed by atoms with Crippen LogP contribution in [-0.2, 0) is 10.0 Å². The van der Waals surface area contributed by atoms with E-state index in [0.29, 0.717) is 17.5 Å². The molecule has 20 heavy (non-hydrogen) atoms. The number of hydrogen-bond donors (Lipinski definition) is 3. The molecule has 0 aliphatic rings. The van der Waals surface area contributed by atoms with E-state index in [2.05, 4.69) is 10.3 Å². The third kappa shape index (κ3) is 3.11. The number of aromatic nitrogens is 1. The summed E-state index contributed by atoms with van der Waals surface area (Å²) < 4.78 is 22.2. The van der Waals surface area contributed by atoms with Crippen molar-refractivity contribution in [3.05, 3.63) is 47.8 Å². The maximum Gasteiger partial charge on any atom is 0.272 e. The normalized spacial score (nSPS) is 11.1. The summed E-state index contributed by atoms with van der Waals surface area (Å²) in [5.74, 6) is -0.443. The summed E-state index contributed by atoms with van der Waals surface area (Å²) in [5, 5.41) is 7.52. The molecular formula is C12H11N3O4S. The van der Waals surface area contributed by atoms with E-state index in [0.717, 1.165) is 0 Å². The standard InChI is InChI=1S/C12H11N3O4S/c13-20(18,19)10-3-1-9(2-4-10)15-12(17)11-5-8(7-16)6-14-11/h1-7,14H,(H,15,17)(H2,13,18,19). The summed E-state index contributed by atoms with van der Waals surface area (Å²) >= 11 is 0. The minimum Gasteiger partial charge on any atom is -0.356 e. The van der Waals surface area contributed by atoms with Gasteiger partial charge in [0, 0.05) is 17.4 Å². The highest BCUT2D eigenvalue weighted by atomic mass is 32.2. The number of aromatic amines is 1. The zero-order valence-corrected chi connectivity index (χ0v) is 11.0. The Balaban J connectivity index is 2.14. The number of sulfonamides is 1. The van der Waals surface area contributed by atoms with Crippen molar-refractivity contribution in [2.24, 2.45) is 5.14 Å². The van der Waals surface area contributed by atoms with Crippen LogP contribution in [0, 0.1) is 0 Å². The Morgan fingerprint density at radius 1 is 1.25 bits per heavy atom. The maximum atomic E-state index is 11.8. The number of H-pyrrole nitrogens is 1. The number of hydrogen-bond acceptors (Lipinski definition) is 4. The molecule has 0 unspecified atom stereocenters. The first-order chi connectivity index (χ1) is 9.40. The van der Waals surface area contributed by atoms with Gasteiger partial charge < -0.3 is 10.3 Å². The van der Waals surface area contributed by atoms with Gasteiger partial charge in [-0.15, -0.1) is 0 Å². The lowest BCUT2D eigenvalue weighted by molar-refractivity contribution is 0.102. The molecule has 0 spiro atoms. The monoisotopic (exact) mass is 293 g/mol. The van der Waals surface area contributed by atoms with Crippen molar-refractivity contribution >= 4 is 27.9 Å². The predicted molar refractivity (Wildman–Crippen MR) is 71.9 cm³/mol. The minimum absolute atomic E-state index is 0.0430. The highest BCUT2D eigenvalue weighted by Crippen LogP contribution is 2.13. The van der Waals surface area contributed by atoms with Crippen LogP contribution in [0.25, 0.3) is 0 Å². The fourth-order valence-corrected chi connectivity index (χ4v) is 2.05. The van der Waals surface area contributed by atoms with Crippen LogP contribution < -0.4 is 10.5 Å². The van der Waals surface area contributed by atoms with E-state index in [1.165, 1.54) is 36.5 Å². The second kappa shape index (κ2) is 5.27. The van der Waals surface area contributed by atoms with E-state index in [1.54, 1.807) is 0 Å². The molecule has 0 radical (unpaired) electrons. The summed E-state index contributed by atoms with van der Waals surface area (Å²) in [4.78, 5) is 24.9. The molecule has 7 nitrogen and oxygen atoms in total. The molecule has 0 fully saturated rings. The molecular weight excluding hydrogens is 282 g/mol. The van der Waals surface area contributed by atoms with Crippen molar-refractivity contribution in [3.63, 3.8) is 0 Å². The van der Waals surface area contributed by atoms with Gasteiger partial charge in [-0.1, -0.05) is 0 Å². The van der Waals surface area contributed by atoms with Crippen LogP contribution in [0.3, 0.4) is 0 Å². The molecule has 2 rings (SSSR count). The Morgan fingerprint density at radius 3 is 2.40 bits per heavy atom. The maximum absolute atomic E-state index is 11.8. The number of nitrogens with two attached hydrogens (primary N) is 1. The average molecular weight is 293 g/mol. The predicted octanol–water partition coefficient (Wildman–Crippen LogP) is 0.727. The van der Waals surface area contributed by atoms with Gasteiger partial charge in [0.1, 0.15) is 5.69 Å². The lowest BCUT2D eigenvalue weighted by Crippen LogP contribution is -2.14. The molecule has 0 atom stereocenters. The van der Waals surface area contributed by atoms with Crippen molar-refractivity contribution in [3.8, 4) is 0 Å². The Morgan fingerprint density at radius 2 is 1.90 bits per heavy atom. The molecule has 1 amide bonds. The van der Waals surface area contributed by atoms with Gasteiger partial charge in [-0.3, -0.25) is 9.59 Å². The van der Waals surface area contributed by atoms with Crippen LogP contribution in [0.15, 0.2) is 41.4 Å². The van der Waals surface area contributed by atoms with E-state index in [1.807, 2.05) is 0 Å². The van der Waals surface area contributed by atoms with Crippen LogP contribution >= 0.6 is 0 Å². The van der Waals surface area contributed by atoms with Crippen LogP contribution in [0.2, 0.25) is 0 Å². The molecule has 1 heterocycles. The molecule has 1 aromatic carbocycles. The van der Waals surface area contributed by atoms with E-state index >= 15 is 0 Å². The number of primary sulfonamides is 1. The fourth-order valence-electron chi connectivity index (χ4n) is 1.54. The summed E-state index contributed by atoms with van der Waals surface area (Å²) in [5.41, 5.74) is 0.993. The molecule has 4 N–H and O–H groups in total. The summed E-state index contributed by atoms with van der Waals surface area (Å²) in [6, 6.07) is 6.82. The van der Waals surface area contributed by atoms with Crippen molar-refractivity contribution < 1.29 is 18.0 Å². The zero-order chi connectivity index (χ0) is 14.8. The molecule has 2 aromatic rings. The van der Waals surface area contributed by atoms with Crippen molar-refractivity contribution in [2.75, 3.05) is 5.32 Å². The molecule has 0 aliphatic carbocycles. The number of carbonyl (C=O) groups is 2. The van der Waals surface area contributed by atoms with E-state index in [-0.39, 0.29) is 10.6 Å². The number of nitrogens with one attached hydrogen (secondary N) is 2. The van der Waals surface area contributed by atoms with Crippen molar-refractivity contribution in [1.82, 2.24) is 4.98 Å². The fraction of sp³-hybridized carbons (Fsp3) is 0. The van der Waals surface area contributed by atoms with Gasteiger partial charge in [-0.2, -0.15) is 0 Å². The van der Waals surface area contributed by atoms with E-state index in [9.17, 15) is 18.0 Å². The summed E-state index contributed by atoms with van der Waals surface area (Å²) in [6.07, 6.45) is 2.03. The zero-order valence-electron chi connectivity index (χ0n) is 10.2. The Kier molecular flexibility index (Phi) is 3.68. The molecule has 1 aromatic heterocycles. The van der Waals surface area contributed by atoms with Crippen molar-refractivity contribution in [2.45, 2.75) is 4.90 Å². The largest absolute Gasteiger partial charge is 0.356 e. The van der Waals surface area contributed by atoms with Crippen LogP contribution in [0.4, 0.5) is 5.69 Å². The summed E-state index contributed by atoms with van der Waals surface area (Å²) in [6.45, 7) is 0. The smallest absolute Gasteiger partial charge is 0.272 e. The van der Waals surface area contributed by atoms with Gasteiger partial charge in [-0.25, -0.2) is 13.6 Å². The first-order valence-electron chi connectivity index (χ1n) is 5.48. The number of amides is 1. The van der Waals surface area contributed by atoms with Gasteiger partial charge in [0.15, 0.2) is 6.29 Å². The van der Waals surface area contributed by atoms with Gasteiger partial charge >= 0.3 is 0 Å². The van der Waals surface area contributed by atoms with Gasteiger partial charge in [-0.05, 0) is 30.3 Å². The molecule has 0 bridgehead atoms. The SMILES string of the molecule is NS(=O)(=O)c1ccc(NC(=O)c2cc(C=O)c[nH]2)cc1. The highest BCUT2D eigenvalue weighted by molar-refractivity contribution is 7.89. The Hall–Kier alpha value is -2.45. The lowest BCUT2D eigenvalue weighted by Gasteiger charge is -2.04. The third-order valence-electron chi connectivity index (χ3n) is 2.53. The quantitative estimate of drug-likeness (QED) is 0.719. The average Bonchev–Trinajstić information content (AvgIpc) is 2.87. The topological polar surface area (TPSA) is 122 Å². The molecule has 0 saturated heterocycles. The highest BCUT2D eigenvalue weighted by Gasteiger charge is 2.10. The Labute approximate surface area is 114 Å². The third-order valence-corrected chi connectivity index (χ3v) is 3.46. The van der Waals surface area contributed by atoms with Gasteiger partial charge in [0.2, 0.25) is 10.0 Å². The first-order valence-corrected chi connectivity index (χ1v) is 7.02. The molecule has 0 saturated carbocycles. The van der Waals surface area contributed by atoms with Crippen LogP contribution in [-0.4, -0.2) is 25.6 Å². The number of anilines is 1. The number of carbonyl (C=O) groups excluding carboxylic acids is 2. The number of benzene rings is 1. The van der Waals surface area contributed by atoms with E-state index < -0.39 is 15.9 Å². The van der Waals surface area contributed by atoms with Crippen molar-refractivity contribution in [1.29, 1.82) is 0 Å². The number of aldehydes is 1. The van der Waals surface area contributed by atoms with Crippen LogP contribution in [0.5, 0.6) is 0 Å². The minimum atomic E-state index is -3.76. The summed E-state index contributed by atoms with van der Waals surface area (Å²) in [7, 11) is -3.76. The number of rotatable bonds is 4. The van der Waals surface area contributed by atoms with Crippen LogP contribution in [0.1, 0.15) is 20.8 Å². The van der Waals surface area contributed by atoms with E-state index in [4.69, 9.17) is 5.14 Å². The Bertz CT molecular complexity index is 747. The molecule has 0 aliphatic heterocycles. The lowest BCUT2D eigenvalue weighted by atomic mass is 10.3. The first kappa shape index (κ1) is 14.0. The molecule has 8 heteroatoms.